The molecule has 0 saturated heterocycles. The van der Waals surface area contributed by atoms with E-state index in [1.807, 2.05) is 0 Å². The molecule has 0 fully saturated rings. The quantitative estimate of drug-likeness (QED) is 0.555. The van der Waals surface area contributed by atoms with Crippen molar-refractivity contribution in [3.63, 3.8) is 0 Å². The number of aliphatic hydroxyl groups excluding tert-OH is 1. The molecule has 9 nitrogen and oxygen atoms in total. The van der Waals surface area contributed by atoms with Gasteiger partial charge >= 0.3 is 5.97 Å². The first-order chi connectivity index (χ1) is 9.86. The van der Waals surface area contributed by atoms with Gasteiger partial charge in [0.2, 0.25) is 0 Å². The maximum absolute atomic E-state index is 11.9. The number of aliphatic hydroxyl groups is 1. The van der Waals surface area contributed by atoms with Crippen LogP contribution in [0.25, 0.3) is 0 Å². The largest absolute Gasteiger partial charge is 0.480 e. The van der Waals surface area contributed by atoms with Crippen LogP contribution in [0.5, 0.6) is 0 Å². The number of carboxylic acids is 1. The fourth-order valence-corrected chi connectivity index (χ4v) is 1.51. The number of carboxylic acid groups (broad SMARTS) is 1. The zero-order valence-corrected chi connectivity index (χ0v) is 11.6. The summed E-state index contributed by atoms with van der Waals surface area (Å²) in [4.78, 5) is 34.3. The summed E-state index contributed by atoms with van der Waals surface area (Å²) in [7, 11) is 1.46. The van der Waals surface area contributed by atoms with E-state index in [0.29, 0.717) is 0 Å². The Morgan fingerprint density at radius 2 is 2.14 bits per heavy atom. The van der Waals surface area contributed by atoms with Crippen LogP contribution in [0.3, 0.4) is 0 Å². The van der Waals surface area contributed by atoms with Crippen LogP contribution in [0.4, 0.5) is 0 Å². The number of nitrogens with one attached hydrogen (secondary N) is 1. The number of ether oxygens (including phenoxy) is 1. The molecule has 21 heavy (non-hydrogen) atoms. The van der Waals surface area contributed by atoms with Crippen LogP contribution in [0.15, 0.2) is 16.9 Å². The molecule has 9 heteroatoms. The Labute approximate surface area is 120 Å². The van der Waals surface area contributed by atoms with E-state index in [0.717, 1.165) is 10.7 Å². The molecule has 1 amide bonds. The smallest absolute Gasteiger partial charge is 0.328 e. The van der Waals surface area contributed by atoms with Crippen molar-refractivity contribution in [1.29, 1.82) is 0 Å². The summed E-state index contributed by atoms with van der Waals surface area (Å²) in [5, 5.41) is 24.1. The molecule has 2 atom stereocenters. The molecule has 0 spiro atoms. The number of carbonyl (C=O) groups is 2. The summed E-state index contributed by atoms with van der Waals surface area (Å²) in [6, 6.07) is 0.871. The van der Waals surface area contributed by atoms with Gasteiger partial charge in [-0.1, -0.05) is 0 Å². The number of amides is 1. The monoisotopic (exact) mass is 299 g/mol. The first-order valence-electron chi connectivity index (χ1n) is 6.15. The summed E-state index contributed by atoms with van der Waals surface area (Å²) < 4.78 is 5.86. The standard InChI is InChI=1S/C12H17N3O6/c1-7(16)10(12(19)20)13-11(18)8-3-4-9(17)15(14-8)5-6-21-2/h3-4,7,10,16H,5-6H2,1-2H3,(H,13,18)(H,19,20). The number of rotatable bonds is 7. The average Bonchev–Trinajstić information content (AvgIpc) is 2.42. The van der Waals surface area contributed by atoms with E-state index in [1.54, 1.807) is 0 Å². The SMILES string of the molecule is COCCn1nc(C(=O)NC(C(=O)O)C(C)O)ccc1=O. The summed E-state index contributed by atoms with van der Waals surface area (Å²) in [5.41, 5.74) is -0.536. The van der Waals surface area contributed by atoms with Gasteiger partial charge in [-0.2, -0.15) is 5.10 Å². The van der Waals surface area contributed by atoms with Gasteiger partial charge in [0, 0.05) is 13.2 Å². The van der Waals surface area contributed by atoms with Crippen molar-refractivity contribution >= 4 is 11.9 Å². The molecule has 0 aromatic carbocycles. The van der Waals surface area contributed by atoms with Crippen LogP contribution in [-0.4, -0.2) is 57.7 Å². The van der Waals surface area contributed by atoms with E-state index in [2.05, 4.69) is 10.4 Å². The van der Waals surface area contributed by atoms with Crippen LogP contribution in [0, 0.1) is 0 Å². The maximum atomic E-state index is 11.9. The molecular weight excluding hydrogens is 282 g/mol. The number of methoxy groups -OCH3 is 1. The minimum atomic E-state index is -1.46. The molecule has 1 aromatic heterocycles. The lowest BCUT2D eigenvalue weighted by molar-refractivity contribution is -0.141. The lowest BCUT2D eigenvalue weighted by atomic mass is 10.2. The van der Waals surface area contributed by atoms with E-state index in [1.165, 1.54) is 20.1 Å². The van der Waals surface area contributed by atoms with Crippen molar-refractivity contribution in [1.82, 2.24) is 15.1 Å². The van der Waals surface area contributed by atoms with Crippen LogP contribution in [-0.2, 0) is 16.1 Å². The molecule has 1 heterocycles. The van der Waals surface area contributed by atoms with Crippen LogP contribution in [0.1, 0.15) is 17.4 Å². The number of aliphatic carboxylic acids is 1. The molecule has 0 aliphatic rings. The van der Waals surface area contributed by atoms with Gasteiger partial charge in [-0.25, -0.2) is 9.48 Å². The highest BCUT2D eigenvalue weighted by atomic mass is 16.5. The zero-order chi connectivity index (χ0) is 16.0. The van der Waals surface area contributed by atoms with Crippen molar-refractivity contribution in [2.75, 3.05) is 13.7 Å². The van der Waals surface area contributed by atoms with Gasteiger partial charge in [-0.15, -0.1) is 0 Å². The van der Waals surface area contributed by atoms with Gasteiger partial charge in [0.25, 0.3) is 11.5 Å². The highest BCUT2D eigenvalue weighted by Crippen LogP contribution is 1.97. The van der Waals surface area contributed by atoms with E-state index in [9.17, 15) is 19.5 Å². The highest BCUT2D eigenvalue weighted by Gasteiger charge is 2.26. The molecule has 2 unspecified atom stereocenters. The Balaban J connectivity index is 2.92. The number of nitrogens with zero attached hydrogens (tertiary/aromatic N) is 2. The molecule has 0 saturated carbocycles. The number of hydrogen-bond acceptors (Lipinski definition) is 6. The van der Waals surface area contributed by atoms with E-state index in [-0.39, 0.29) is 18.8 Å². The third-order valence-electron chi connectivity index (χ3n) is 2.64. The molecule has 0 bridgehead atoms. The molecular formula is C12H17N3O6. The zero-order valence-electron chi connectivity index (χ0n) is 11.6. The minimum absolute atomic E-state index is 0.127. The van der Waals surface area contributed by atoms with Crippen LogP contribution in [0.2, 0.25) is 0 Å². The fraction of sp³-hybridized carbons (Fsp3) is 0.500. The highest BCUT2D eigenvalue weighted by molar-refractivity contribution is 5.94. The van der Waals surface area contributed by atoms with Gasteiger partial charge in [-0.05, 0) is 13.0 Å². The minimum Gasteiger partial charge on any atom is -0.480 e. The van der Waals surface area contributed by atoms with Crippen molar-refractivity contribution < 1.29 is 24.5 Å². The predicted octanol–water partition coefficient (Wildman–Crippen LogP) is -1.55. The lowest BCUT2D eigenvalue weighted by Crippen LogP contribution is -2.48. The molecule has 3 N–H and O–H groups in total. The first-order valence-corrected chi connectivity index (χ1v) is 6.15. The second kappa shape index (κ2) is 7.50. The molecule has 0 aliphatic heterocycles. The van der Waals surface area contributed by atoms with Crippen LogP contribution >= 0.6 is 0 Å². The average molecular weight is 299 g/mol. The summed E-state index contributed by atoms with van der Waals surface area (Å²) in [5.74, 6) is -2.17. The Hall–Kier alpha value is -2.26. The summed E-state index contributed by atoms with van der Waals surface area (Å²) in [6.07, 6.45) is -1.27. The Kier molecular flexibility index (Phi) is 6.00. The van der Waals surface area contributed by atoms with Gasteiger partial charge in [0.1, 0.15) is 5.69 Å². The number of carbonyl (C=O) groups excluding carboxylic acids is 1. The van der Waals surface area contributed by atoms with E-state index in [4.69, 9.17) is 9.84 Å². The molecule has 0 radical (unpaired) electrons. The predicted molar refractivity (Wildman–Crippen MR) is 70.9 cm³/mol. The Morgan fingerprint density at radius 1 is 1.48 bits per heavy atom. The van der Waals surface area contributed by atoms with Gasteiger partial charge in [0.05, 0.1) is 19.3 Å². The van der Waals surface area contributed by atoms with Gasteiger partial charge < -0.3 is 20.3 Å². The van der Waals surface area contributed by atoms with Crippen molar-refractivity contribution in [3.05, 3.63) is 28.2 Å². The third-order valence-corrected chi connectivity index (χ3v) is 2.64. The van der Waals surface area contributed by atoms with E-state index >= 15 is 0 Å². The van der Waals surface area contributed by atoms with Crippen molar-refractivity contribution in [2.45, 2.75) is 25.6 Å². The molecule has 0 aliphatic carbocycles. The number of hydrogen-bond donors (Lipinski definition) is 3. The fourth-order valence-electron chi connectivity index (χ4n) is 1.51. The Morgan fingerprint density at radius 3 is 2.67 bits per heavy atom. The number of aromatic nitrogens is 2. The topological polar surface area (TPSA) is 131 Å². The van der Waals surface area contributed by atoms with Crippen molar-refractivity contribution in [2.24, 2.45) is 0 Å². The summed E-state index contributed by atoms with van der Waals surface area (Å²) >= 11 is 0. The lowest BCUT2D eigenvalue weighted by Gasteiger charge is -2.16. The first kappa shape index (κ1) is 16.8. The van der Waals surface area contributed by atoms with Crippen molar-refractivity contribution in [3.8, 4) is 0 Å². The normalized spacial score (nSPS) is 13.5. The van der Waals surface area contributed by atoms with Gasteiger partial charge in [0.15, 0.2) is 6.04 Å². The van der Waals surface area contributed by atoms with E-state index < -0.39 is 29.6 Å². The van der Waals surface area contributed by atoms with Gasteiger partial charge in [-0.3, -0.25) is 9.59 Å². The molecule has 1 aromatic rings. The Bertz CT molecular complexity index is 568. The molecule has 116 valence electrons. The second-order valence-corrected chi connectivity index (χ2v) is 4.30. The second-order valence-electron chi connectivity index (χ2n) is 4.30. The third kappa shape index (κ3) is 4.65. The van der Waals surface area contributed by atoms with Crippen LogP contribution < -0.4 is 10.9 Å². The maximum Gasteiger partial charge on any atom is 0.328 e. The summed E-state index contributed by atoms with van der Waals surface area (Å²) in [6.45, 7) is 1.64. The molecule has 1 rings (SSSR count).